The van der Waals surface area contributed by atoms with Crippen molar-refractivity contribution < 1.29 is 22.6 Å². The maximum atomic E-state index is 7.38. The molecule has 0 radical (unpaired) electrons. The summed E-state index contributed by atoms with van der Waals surface area (Å²) in [5, 5.41) is 0. The molecule has 0 spiro atoms. The summed E-state index contributed by atoms with van der Waals surface area (Å²) in [7, 11) is -3.27. The molecule has 0 N–H and O–H groups in total. The largest absolute Gasteiger partial charge is 0.530 e. The van der Waals surface area contributed by atoms with Gasteiger partial charge in [-0.1, -0.05) is 94.4 Å². The quantitative estimate of drug-likeness (QED) is 0.112. The number of benzene rings is 5. The lowest BCUT2D eigenvalue weighted by molar-refractivity contribution is 0.383. The highest BCUT2D eigenvalue weighted by Gasteiger charge is 2.35. The first-order valence-corrected chi connectivity index (χ1v) is 22.8. The summed E-state index contributed by atoms with van der Waals surface area (Å²) in [4.78, 5) is 0. The Kier molecular flexibility index (Phi) is 12.4. The molecule has 5 aromatic rings. The molecular weight excluding hydrogens is 718 g/mol. The third-order valence-corrected chi connectivity index (χ3v) is 12.9. The number of aryl methyl sites for hydroxylation is 5. The zero-order valence-corrected chi connectivity index (χ0v) is 35.6. The molecule has 0 heterocycles. The third-order valence-electron chi connectivity index (χ3n) is 11.0. The van der Waals surface area contributed by atoms with E-state index in [0.29, 0.717) is 0 Å². The summed E-state index contributed by atoms with van der Waals surface area (Å²) in [5.74, 6) is 4.57. The summed E-state index contributed by atoms with van der Waals surface area (Å²) >= 11 is 0. The van der Waals surface area contributed by atoms with Crippen LogP contribution in [0.15, 0.2) is 84.9 Å². The monoisotopic (exact) mass is 774 g/mol. The van der Waals surface area contributed by atoms with Crippen molar-refractivity contribution in [2.75, 3.05) is 6.66 Å². The van der Waals surface area contributed by atoms with Gasteiger partial charge >= 0.3 is 8.60 Å². The standard InChI is InChI=1S/C48H56O5P2/c1-31(2)40-29-36-22-12-14-24-38(36)45(47(40)52-54(8)49-42-26-16-9-19-33(42)5)46-39-25-15-13-23-37(39)30-41(32(3)4)48(46)53-55(50-43-27-17-10-20-34(43)6)51-44-28-18-11-21-35(44)7/h9-11,16-21,26-32H,12-15,22-25H2,1-8H3. The van der Waals surface area contributed by atoms with Gasteiger partial charge in [0, 0.05) is 17.8 Å². The number of rotatable bonds is 13. The third kappa shape index (κ3) is 8.70. The Morgan fingerprint density at radius 3 is 1.27 bits per heavy atom. The Hall–Kier alpha value is -4.04. The van der Waals surface area contributed by atoms with Crippen molar-refractivity contribution in [2.24, 2.45) is 0 Å². The minimum Gasteiger partial charge on any atom is -0.438 e. The van der Waals surface area contributed by atoms with Crippen LogP contribution in [-0.2, 0) is 25.7 Å². The molecule has 0 amide bonds. The topological polar surface area (TPSA) is 46.2 Å². The molecule has 0 fully saturated rings. The molecule has 2 aliphatic carbocycles. The molecule has 7 rings (SSSR count). The predicted molar refractivity (Wildman–Crippen MR) is 230 cm³/mol. The van der Waals surface area contributed by atoms with Crippen LogP contribution < -0.4 is 22.6 Å². The van der Waals surface area contributed by atoms with Crippen LogP contribution in [0.5, 0.6) is 28.7 Å². The van der Waals surface area contributed by atoms with E-state index in [0.717, 1.165) is 89.5 Å². The van der Waals surface area contributed by atoms with Gasteiger partial charge in [0.1, 0.15) is 28.7 Å². The van der Waals surface area contributed by atoms with Gasteiger partial charge in [-0.15, -0.1) is 0 Å². The van der Waals surface area contributed by atoms with Gasteiger partial charge in [-0.05, 0) is 152 Å². The van der Waals surface area contributed by atoms with Gasteiger partial charge in [0.05, 0.1) is 0 Å². The van der Waals surface area contributed by atoms with Gasteiger partial charge in [0.15, 0.2) is 0 Å². The van der Waals surface area contributed by atoms with Crippen LogP contribution in [0.4, 0.5) is 0 Å². The molecule has 5 nitrogen and oxygen atoms in total. The van der Waals surface area contributed by atoms with Crippen molar-refractivity contribution in [1.29, 1.82) is 0 Å². The zero-order valence-electron chi connectivity index (χ0n) is 33.8. The highest BCUT2D eigenvalue weighted by molar-refractivity contribution is 7.47. The van der Waals surface area contributed by atoms with E-state index in [9.17, 15) is 0 Å². The van der Waals surface area contributed by atoms with E-state index < -0.39 is 17.0 Å². The summed E-state index contributed by atoms with van der Waals surface area (Å²) < 4.78 is 34.8. The molecule has 0 aromatic heterocycles. The van der Waals surface area contributed by atoms with Gasteiger partial charge in [-0.2, -0.15) is 0 Å². The van der Waals surface area contributed by atoms with Gasteiger partial charge in [-0.25, -0.2) is 0 Å². The van der Waals surface area contributed by atoms with Crippen molar-refractivity contribution >= 4 is 17.0 Å². The first kappa shape index (κ1) is 39.2. The van der Waals surface area contributed by atoms with Crippen molar-refractivity contribution in [3.63, 3.8) is 0 Å². The fraction of sp³-hybridized carbons (Fsp3) is 0.375. The van der Waals surface area contributed by atoms with Crippen LogP contribution >= 0.6 is 17.0 Å². The first-order chi connectivity index (χ1) is 26.6. The van der Waals surface area contributed by atoms with Crippen LogP contribution in [-0.4, -0.2) is 6.66 Å². The van der Waals surface area contributed by atoms with E-state index in [4.69, 9.17) is 22.6 Å². The number of fused-ring (bicyclic) bond motifs is 2. The fourth-order valence-corrected chi connectivity index (χ4v) is 10.1. The number of hydrogen-bond donors (Lipinski definition) is 0. The Balaban J connectivity index is 1.47. The molecule has 0 bridgehead atoms. The van der Waals surface area contributed by atoms with Gasteiger partial charge in [0.2, 0.25) is 0 Å². The maximum absolute atomic E-state index is 7.38. The first-order valence-electron chi connectivity index (χ1n) is 20.1. The van der Waals surface area contributed by atoms with Crippen molar-refractivity contribution in [2.45, 2.75) is 112 Å². The smallest absolute Gasteiger partial charge is 0.438 e. The second kappa shape index (κ2) is 17.4. The molecule has 1 atom stereocenters. The molecule has 1 unspecified atom stereocenters. The summed E-state index contributed by atoms with van der Waals surface area (Å²) in [6, 6.07) is 29.2. The number of hydrogen-bond acceptors (Lipinski definition) is 5. The van der Waals surface area contributed by atoms with Crippen LogP contribution in [0.25, 0.3) is 11.1 Å². The number of para-hydroxylation sites is 3. The Morgan fingerprint density at radius 2 is 0.855 bits per heavy atom. The fourth-order valence-electron chi connectivity index (χ4n) is 7.95. The maximum Gasteiger partial charge on any atom is 0.530 e. The Labute approximate surface area is 331 Å². The lowest BCUT2D eigenvalue weighted by atomic mass is 9.76. The van der Waals surface area contributed by atoms with Gasteiger partial charge in [-0.3, -0.25) is 0 Å². The average Bonchev–Trinajstić information content (AvgIpc) is 3.17. The molecule has 0 saturated carbocycles. The van der Waals surface area contributed by atoms with Crippen LogP contribution in [0, 0.1) is 20.8 Å². The van der Waals surface area contributed by atoms with Crippen molar-refractivity contribution in [1.82, 2.24) is 0 Å². The molecule has 0 aliphatic heterocycles. The Morgan fingerprint density at radius 1 is 0.473 bits per heavy atom. The Bertz CT molecular complexity index is 2090. The lowest BCUT2D eigenvalue weighted by Crippen LogP contribution is -2.15. The van der Waals surface area contributed by atoms with E-state index in [1.807, 2.05) is 54.6 Å². The molecule has 5 aromatic carbocycles. The zero-order chi connectivity index (χ0) is 38.6. The summed E-state index contributed by atoms with van der Waals surface area (Å²) in [6.45, 7) is 17.4. The van der Waals surface area contributed by atoms with E-state index in [2.05, 4.69) is 85.5 Å². The van der Waals surface area contributed by atoms with E-state index in [-0.39, 0.29) is 11.8 Å². The predicted octanol–water partition coefficient (Wildman–Crippen LogP) is 14.4. The normalized spacial score (nSPS) is 14.4. The highest BCUT2D eigenvalue weighted by atomic mass is 31.2. The van der Waals surface area contributed by atoms with E-state index in [1.54, 1.807) is 0 Å². The molecule has 7 heteroatoms. The average molecular weight is 775 g/mol. The van der Waals surface area contributed by atoms with Gasteiger partial charge < -0.3 is 22.6 Å². The van der Waals surface area contributed by atoms with Crippen molar-refractivity contribution in [3.05, 3.63) is 135 Å². The lowest BCUT2D eigenvalue weighted by Gasteiger charge is -2.32. The molecule has 55 heavy (non-hydrogen) atoms. The molecule has 2 aliphatic rings. The molecule has 288 valence electrons. The SMILES string of the molecule is Cc1ccccc1OP(C)Oc1c(C(C)C)cc2c(c1-c1c3c(cc(C(C)C)c1OP(Oc1ccccc1C)Oc1ccccc1C)CCCC3)CCCC2. The minimum atomic E-state index is -1.94. The second-order valence-corrected chi connectivity index (χ2v) is 18.0. The molecule has 0 saturated heterocycles. The van der Waals surface area contributed by atoms with Crippen molar-refractivity contribution in [3.8, 4) is 39.9 Å². The summed E-state index contributed by atoms with van der Waals surface area (Å²) in [5.41, 5.74) is 13.5. The second-order valence-electron chi connectivity index (χ2n) is 15.8. The van der Waals surface area contributed by atoms with Crippen LogP contribution in [0.2, 0.25) is 0 Å². The highest BCUT2D eigenvalue weighted by Crippen LogP contribution is 2.57. The van der Waals surface area contributed by atoms with E-state index in [1.165, 1.54) is 51.8 Å². The molecular formula is C48H56O5P2. The van der Waals surface area contributed by atoms with Crippen LogP contribution in [0.1, 0.15) is 115 Å². The van der Waals surface area contributed by atoms with Crippen LogP contribution in [0.3, 0.4) is 0 Å². The van der Waals surface area contributed by atoms with E-state index >= 15 is 0 Å². The summed E-state index contributed by atoms with van der Waals surface area (Å²) in [6.07, 6.45) is 8.73. The minimum absolute atomic E-state index is 0.191. The van der Waals surface area contributed by atoms with Gasteiger partial charge in [0.25, 0.3) is 8.38 Å².